The van der Waals surface area contributed by atoms with E-state index in [-0.39, 0.29) is 10.2 Å². The van der Waals surface area contributed by atoms with E-state index in [1.165, 1.54) is 25.7 Å². The molecule has 2 aromatic rings. The fraction of sp³-hybridized carbons (Fsp3) is 0.762. The number of aryl methyl sites for hydroxylation is 1. The van der Waals surface area contributed by atoms with Gasteiger partial charge in [-0.3, -0.25) is 9.78 Å². The van der Waals surface area contributed by atoms with Crippen molar-refractivity contribution in [1.82, 2.24) is 25.0 Å². The number of nitrogens with zero attached hydrogens (tertiary/aromatic N) is 4. The maximum Gasteiger partial charge on any atom is 0.199 e. The zero-order valence-corrected chi connectivity index (χ0v) is 19.2. The van der Waals surface area contributed by atoms with Gasteiger partial charge in [-0.15, -0.1) is 11.8 Å². The quantitative estimate of drug-likeness (QED) is 0.756. The van der Waals surface area contributed by atoms with Crippen molar-refractivity contribution in [3.63, 3.8) is 0 Å². The van der Waals surface area contributed by atoms with E-state index in [0.717, 1.165) is 34.7 Å². The number of aromatic amines is 1. The van der Waals surface area contributed by atoms with Gasteiger partial charge in [-0.05, 0) is 57.3 Å². The lowest BCUT2D eigenvalue weighted by molar-refractivity contribution is 0.0599. The number of rotatable bonds is 6. The second-order valence-corrected chi connectivity index (χ2v) is 11.1. The van der Waals surface area contributed by atoms with Crippen LogP contribution in [0.15, 0.2) is 6.07 Å². The van der Waals surface area contributed by atoms with Gasteiger partial charge < -0.3 is 4.74 Å². The van der Waals surface area contributed by atoms with Gasteiger partial charge in [-0.25, -0.2) is 4.98 Å². The molecular formula is C21H35N5OS. The number of thioether (sulfide) groups is 1. The van der Waals surface area contributed by atoms with Crippen LogP contribution in [0.4, 0.5) is 0 Å². The average Bonchev–Trinajstić information content (AvgIpc) is 3.27. The summed E-state index contributed by atoms with van der Waals surface area (Å²) in [5, 5.41) is 12.3. The van der Waals surface area contributed by atoms with E-state index in [9.17, 15) is 0 Å². The number of H-pyrrole nitrogens is 1. The molecular weight excluding hydrogens is 370 g/mol. The fourth-order valence-electron chi connectivity index (χ4n) is 3.62. The van der Waals surface area contributed by atoms with Crippen LogP contribution in [-0.4, -0.2) is 43.9 Å². The van der Waals surface area contributed by atoms with Crippen molar-refractivity contribution >= 4 is 11.8 Å². The first-order valence-corrected chi connectivity index (χ1v) is 11.2. The van der Waals surface area contributed by atoms with Crippen LogP contribution in [0.1, 0.15) is 71.8 Å². The third-order valence-electron chi connectivity index (χ3n) is 5.74. The third kappa shape index (κ3) is 4.79. The minimum absolute atomic E-state index is 0.00604. The number of ether oxygens (including phenoxy) is 1. The summed E-state index contributed by atoms with van der Waals surface area (Å²) in [4.78, 5) is 4.83. The molecule has 1 aliphatic rings. The molecule has 156 valence electrons. The average molecular weight is 406 g/mol. The molecule has 0 amide bonds. The highest BCUT2D eigenvalue weighted by atomic mass is 32.2. The minimum atomic E-state index is -0.102. The van der Waals surface area contributed by atoms with Crippen LogP contribution in [0.5, 0.6) is 0 Å². The van der Waals surface area contributed by atoms with Crippen LogP contribution in [0.2, 0.25) is 0 Å². The molecule has 2 heterocycles. The summed E-state index contributed by atoms with van der Waals surface area (Å²) in [6, 6.07) is 2.10. The predicted octanol–water partition coefficient (Wildman–Crippen LogP) is 4.68. The molecule has 7 heteroatoms. The first kappa shape index (κ1) is 21.4. The van der Waals surface area contributed by atoms with Crippen molar-refractivity contribution in [2.45, 2.75) is 76.6 Å². The molecule has 1 saturated carbocycles. The predicted molar refractivity (Wildman–Crippen MR) is 116 cm³/mol. The smallest absolute Gasteiger partial charge is 0.199 e. The van der Waals surface area contributed by atoms with E-state index >= 15 is 0 Å². The molecule has 0 aliphatic heterocycles. The topological polar surface area (TPSA) is 68.6 Å². The van der Waals surface area contributed by atoms with Gasteiger partial charge in [-0.2, -0.15) is 10.2 Å². The Morgan fingerprint density at radius 2 is 1.86 bits per heavy atom. The first-order valence-electron chi connectivity index (χ1n) is 10.2. The van der Waals surface area contributed by atoms with Crippen LogP contribution >= 0.6 is 11.8 Å². The second-order valence-electron chi connectivity index (χ2n) is 9.50. The van der Waals surface area contributed by atoms with Crippen molar-refractivity contribution in [3.05, 3.63) is 17.6 Å². The van der Waals surface area contributed by atoms with Crippen molar-refractivity contribution in [3.8, 4) is 11.5 Å². The molecule has 1 N–H and O–H groups in total. The fourth-order valence-corrected chi connectivity index (χ4v) is 4.83. The molecule has 0 aromatic carbocycles. The third-order valence-corrected chi connectivity index (χ3v) is 7.29. The zero-order valence-electron chi connectivity index (χ0n) is 18.4. The Labute approximate surface area is 173 Å². The van der Waals surface area contributed by atoms with E-state index in [1.54, 1.807) is 0 Å². The van der Waals surface area contributed by atoms with Gasteiger partial charge in [0, 0.05) is 19.6 Å². The Morgan fingerprint density at radius 3 is 2.43 bits per heavy atom. The van der Waals surface area contributed by atoms with E-state index in [0.29, 0.717) is 6.10 Å². The van der Waals surface area contributed by atoms with E-state index in [2.05, 4.69) is 56.0 Å². The van der Waals surface area contributed by atoms with Gasteiger partial charge in [0.05, 0.1) is 16.5 Å². The Morgan fingerprint density at radius 1 is 1.18 bits per heavy atom. The number of aromatic nitrogens is 5. The van der Waals surface area contributed by atoms with E-state index < -0.39 is 0 Å². The SMILES string of the molecule is COC1CCC(CSC(C)(C)c2nc(-c3cc(C(C)(C)C)nn3C)n[nH]2)CC1. The monoisotopic (exact) mass is 405 g/mol. The summed E-state index contributed by atoms with van der Waals surface area (Å²) in [5.41, 5.74) is 2.01. The van der Waals surface area contributed by atoms with Gasteiger partial charge in [0.15, 0.2) is 5.82 Å². The van der Waals surface area contributed by atoms with Crippen LogP contribution < -0.4 is 0 Å². The summed E-state index contributed by atoms with van der Waals surface area (Å²) in [5.74, 6) is 3.56. The van der Waals surface area contributed by atoms with E-state index in [4.69, 9.17) is 9.72 Å². The Bertz CT molecular complexity index is 781. The van der Waals surface area contributed by atoms with Crippen molar-refractivity contribution in [2.24, 2.45) is 13.0 Å². The number of hydrogen-bond donors (Lipinski definition) is 1. The highest BCUT2D eigenvalue weighted by Crippen LogP contribution is 2.38. The highest BCUT2D eigenvalue weighted by Gasteiger charge is 2.29. The van der Waals surface area contributed by atoms with Gasteiger partial charge >= 0.3 is 0 Å². The molecule has 0 bridgehead atoms. The van der Waals surface area contributed by atoms with Crippen molar-refractivity contribution in [2.75, 3.05) is 12.9 Å². The molecule has 3 rings (SSSR count). The first-order chi connectivity index (χ1) is 13.1. The Hall–Kier alpha value is -1.34. The van der Waals surface area contributed by atoms with Gasteiger partial charge in [0.25, 0.3) is 0 Å². The lowest BCUT2D eigenvalue weighted by Crippen LogP contribution is -2.23. The highest BCUT2D eigenvalue weighted by molar-refractivity contribution is 8.00. The largest absolute Gasteiger partial charge is 0.381 e. The summed E-state index contributed by atoms with van der Waals surface area (Å²) in [6.07, 6.45) is 5.35. The Kier molecular flexibility index (Phi) is 6.25. The minimum Gasteiger partial charge on any atom is -0.381 e. The van der Waals surface area contributed by atoms with Crippen LogP contribution in [0.25, 0.3) is 11.5 Å². The molecule has 0 saturated heterocycles. The van der Waals surface area contributed by atoms with Crippen LogP contribution in [0.3, 0.4) is 0 Å². The van der Waals surface area contributed by atoms with Crippen molar-refractivity contribution < 1.29 is 4.74 Å². The van der Waals surface area contributed by atoms with Gasteiger partial charge in [0.2, 0.25) is 0 Å². The van der Waals surface area contributed by atoms with Crippen LogP contribution in [-0.2, 0) is 21.9 Å². The summed E-state index contributed by atoms with van der Waals surface area (Å²) >= 11 is 1.97. The molecule has 1 fully saturated rings. The van der Waals surface area contributed by atoms with Crippen LogP contribution in [0, 0.1) is 5.92 Å². The summed E-state index contributed by atoms with van der Waals surface area (Å²) in [6.45, 7) is 11.0. The molecule has 0 radical (unpaired) electrons. The molecule has 28 heavy (non-hydrogen) atoms. The molecule has 2 aromatic heterocycles. The van der Waals surface area contributed by atoms with E-state index in [1.807, 2.05) is 30.6 Å². The summed E-state index contributed by atoms with van der Waals surface area (Å²) < 4.78 is 7.27. The second kappa shape index (κ2) is 8.19. The zero-order chi connectivity index (χ0) is 20.5. The standard InChI is InChI=1S/C21H35N5OS/c1-20(2,3)17-12-16(26(6)25-17)18-22-19(24-23-18)21(4,5)28-13-14-8-10-15(27-7)11-9-14/h12,14-15H,8-11,13H2,1-7H3,(H,22,23,24). The van der Waals surface area contributed by atoms with Crippen molar-refractivity contribution in [1.29, 1.82) is 0 Å². The maximum atomic E-state index is 5.49. The van der Waals surface area contributed by atoms with Gasteiger partial charge in [0.1, 0.15) is 11.5 Å². The lowest BCUT2D eigenvalue weighted by Gasteiger charge is -2.30. The molecule has 6 nitrogen and oxygen atoms in total. The molecule has 0 spiro atoms. The number of methoxy groups -OCH3 is 1. The number of nitrogens with one attached hydrogen (secondary N) is 1. The maximum absolute atomic E-state index is 5.49. The molecule has 0 atom stereocenters. The Balaban J connectivity index is 1.66. The normalized spacial score (nSPS) is 21.2. The number of hydrogen-bond acceptors (Lipinski definition) is 5. The molecule has 1 aliphatic carbocycles. The summed E-state index contributed by atoms with van der Waals surface area (Å²) in [7, 11) is 3.79. The lowest BCUT2D eigenvalue weighted by atomic mass is 9.89. The molecule has 0 unspecified atom stereocenters. The van der Waals surface area contributed by atoms with Gasteiger partial charge in [-0.1, -0.05) is 20.8 Å².